The average molecular weight is 412 g/mol. The predicted molar refractivity (Wildman–Crippen MR) is 93.2 cm³/mol. The van der Waals surface area contributed by atoms with Crippen molar-refractivity contribution in [3.8, 4) is 0 Å². The van der Waals surface area contributed by atoms with Crippen LogP contribution in [0.15, 0.2) is 33.6 Å². The quantitative estimate of drug-likeness (QED) is 0.614. The van der Waals surface area contributed by atoms with Gasteiger partial charge < -0.3 is 9.05 Å². The van der Waals surface area contributed by atoms with Gasteiger partial charge in [0.15, 0.2) is 0 Å². The van der Waals surface area contributed by atoms with Crippen LogP contribution in [0.2, 0.25) is 0 Å². The monoisotopic (exact) mass is 411 g/mol. The maximum atomic E-state index is 12.9. The lowest BCUT2D eigenvalue weighted by Crippen LogP contribution is -2.36. The Morgan fingerprint density at radius 1 is 1.18 bits per heavy atom. The summed E-state index contributed by atoms with van der Waals surface area (Å²) in [5.41, 5.74) is 0. The third kappa shape index (κ3) is 5.55. The van der Waals surface area contributed by atoms with Crippen LogP contribution in [0, 0.1) is 5.92 Å². The van der Waals surface area contributed by atoms with E-state index in [0.29, 0.717) is 4.90 Å². The molecule has 1 rings (SSSR count). The first-order valence-electron chi connectivity index (χ1n) is 7.16. The maximum absolute atomic E-state index is 12.9. The van der Waals surface area contributed by atoms with Crippen molar-refractivity contribution < 1.29 is 17.8 Å². The lowest BCUT2D eigenvalue weighted by Gasteiger charge is -2.29. The van der Waals surface area contributed by atoms with Gasteiger partial charge >= 0.3 is 7.60 Å². The molecule has 0 saturated carbocycles. The molecule has 0 unspecified atom stereocenters. The fraction of sp³-hybridized carbons (Fsp3) is 0.571. The Labute approximate surface area is 143 Å². The highest BCUT2D eigenvalue weighted by Gasteiger charge is 2.39. The van der Waals surface area contributed by atoms with Crippen molar-refractivity contribution in [1.29, 1.82) is 0 Å². The maximum Gasteiger partial charge on any atom is 0.348 e. The molecule has 5 nitrogen and oxygen atoms in total. The summed E-state index contributed by atoms with van der Waals surface area (Å²) in [6.07, 6.45) is 0. The number of hydrogen-bond donors (Lipinski definition) is 1. The largest absolute Gasteiger partial charge is 0.348 e. The molecule has 1 aromatic rings. The SMILES string of the molecule is CCOP(=O)(OCC)[C@@H](N[S@@](=O)c1ccc(Br)cc1)C(C)C. The molecule has 1 N–H and O–H groups in total. The van der Waals surface area contributed by atoms with E-state index in [1.807, 2.05) is 26.0 Å². The van der Waals surface area contributed by atoms with Crippen LogP contribution in [-0.2, 0) is 24.6 Å². The highest BCUT2D eigenvalue weighted by atomic mass is 79.9. The summed E-state index contributed by atoms with van der Waals surface area (Å²) in [6.45, 7) is 7.84. The minimum absolute atomic E-state index is 0.0664. The van der Waals surface area contributed by atoms with E-state index < -0.39 is 24.4 Å². The molecule has 126 valence electrons. The smallest absolute Gasteiger partial charge is 0.308 e. The second kappa shape index (κ2) is 9.30. The second-order valence-corrected chi connectivity index (χ2v) is 9.22. The van der Waals surface area contributed by atoms with E-state index in [4.69, 9.17) is 9.05 Å². The summed E-state index contributed by atoms with van der Waals surface area (Å²) in [6, 6.07) is 7.11. The Morgan fingerprint density at radius 3 is 2.09 bits per heavy atom. The van der Waals surface area contributed by atoms with Gasteiger partial charge in [0, 0.05) is 4.47 Å². The van der Waals surface area contributed by atoms with Gasteiger partial charge in [0.1, 0.15) is 16.8 Å². The molecule has 0 heterocycles. The van der Waals surface area contributed by atoms with Gasteiger partial charge in [-0.25, -0.2) is 8.93 Å². The van der Waals surface area contributed by atoms with Crippen LogP contribution in [0.3, 0.4) is 0 Å². The van der Waals surface area contributed by atoms with E-state index in [2.05, 4.69) is 20.7 Å². The molecule has 0 spiro atoms. The average Bonchev–Trinajstić information content (AvgIpc) is 2.45. The van der Waals surface area contributed by atoms with Gasteiger partial charge in [-0.15, -0.1) is 0 Å². The topological polar surface area (TPSA) is 64.6 Å². The molecular weight excluding hydrogens is 389 g/mol. The molecule has 0 saturated heterocycles. The molecule has 0 amide bonds. The van der Waals surface area contributed by atoms with Crippen LogP contribution in [0.5, 0.6) is 0 Å². The summed E-state index contributed by atoms with van der Waals surface area (Å²) >= 11 is 3.34. The van der Waals surface area contributed by atoms with Crippen LogP contribution in [0.25, 0.3) is 0 Å². The molecule has 22 heavy (non-hydrogen) atoms. The summed E-state index contributed by atoms with van der Waals surface area (Å²) in [5.74, 6) is -0.708. The van der Waals surface area contributed by atoms with Crippen molar-refractivity contribution in [2.45, 2.75) is 38.4 Å². The Balaban J connectivity index is 2.98. The van der Waals surface area contributed by atoms with E-state index in [-0.39, 0.29) is 19.1 Å². The zero-order chi connectivity index (χ0) is 16.8. The number of benzene rings is 1. The minimum atomic E-state index is -3.38. The molecule has 0 bridgehead atoms. The zero-order valence-corrected chi connectivity index (χ0v) is 16.5. The third-order valence-corrected chi connectivity index (χ3v) is 7.36. The molecule has 0 aliphatic carbocycles. The Kier molecular flexibility index (Phi) is 8.46. The second-order valence-electron chi connectivity index (χ2n) is 4.90. The highest BCUT2D eigenvalue weighted by molar-refractivity contribution is 9.10. The normalized spacial score (nSPS) is 15.0. The number of nitrogens with one attached hydrogen (secondary N) is 1. The van der Waals surface area contributed by atoms with Crippen LogP contribution in [0.1, 0.15) is 27.7 Å². The van der Waals surface area contributed by atoms with Gasteiger partial charge in [0.2, 0.25) is 0 Å². The van der Waals surface area contributed by atoms with E-state index in [1.54, 1.807) is 26.0 Å². The molecular formula is C14H23BrNO4PS. The van der Waals surface area contributed by atoms with Crippen molar-refractivity contribution in [3.63, 3.8) is 0 Å². The van der Waals surface area contributed by atoms with Gasteiger partial charge in [-0.05, 0) is 44.0 Å². The summed E-state index contributed by atoms with van der Waals surface area (Å²) < 4.78 is 40.0. The van der Waals surface area contributed by atoms with Crippen molar-refractivity contribution in [2.75, 3.05) is 13.2 Å². The van der Waals surface area contributed by atoms with Gasteiger partial charge in [-0.1, -0.05) is 29.8 Å². The fourth-order valence-corrected chi connectivity index (χ4v) is 5.78. The molecule has 0 fully saturated rings. The van der Waals surface area contributed by atoms with E-state index in [9.17, 15) is 8.77 Å². The molecule has 0 aromatic heterocycles. The van der Waals surface area contributed by atoms with Gasteiger partial charge in [-0.3, -0.25) is 4.57 Å². The molecule has 0 aliphatic heterocycles. The van der Waals surface area contributed by atoms with Crippen molar-refractivity contribution in [3.05, 3.63) is 28.7 Å². The van der Waals surface area contributed by atoms with Crippen molar-refractivity contribution >= 4 is 34.5 Å². The highest BCUT2D eigenvalue weighted by Crippen LogP contribution is 2.54. The first-order chi connectivity index (χ1) is 10.3. The molecule has 0 aliphatic rings. The molecule has 2 atom stereocenters. The Hall–Kier alpha value is -0.0400. The molecule has 1 aromatic carbocycles. The van der Waals surface area contributed by atoms with Gasteiger partial charge in [0.25, 0.3) is 0 Å². The van der Waals surface area contributed by atoms with E-state index in [1.165, 1.54) is 0 Å². The zero-order valence-electron chi connectivity index (χ0n) is 13.2. The summed E-state index contributed by atoms with van der Waals surface area (Å²) in [5, 5.41) is 0. The van der Waals surface area contributed by atoms with E-state index >= 15 is 0 Å². The standard InChI is InChI=1S/C14H23BrNO4PS/c1-5-19-21(17,20-6-2)14(11(3)4)16-22(18)13-9-7-12(15)8-10-13/h7-11,14,16H,5-6H2,1-4H3/t14-,22+/m1/s1. The van der Waals surface area contributed by atoms with Crippen molar-refractivity contribution in [2.24, 2.45) is 5.92 Å². The summed E-state index contributed by atoms with van der Waals surface area (Å²) in [7, 11) is -4.88. The fourth-order valence-electron chi connectivity index (χ4n) is 1.86. The summed E-state index contributed by atoms with van der Waals surface area (Å²) in [4.78, 5) is 0.605. The van der Waals surface area contributed by atoms with Gasteiger partial charge in [-0.2, -0.15) is 0 Å². The van der Waals surface area contributed by atoms with Crippen LogP contribution < -0.4 is 4.72 Å². The van der Waals surface area contributed by atoms with Gasteiger partial charge in [0.05, 0.1) is 18.1 Å². The lowest BCUT2D eigenvalue weighted by atomic mass is 10.2. The Bertz CT molecular complexity index is 528. The molecule has 0 radical (unpaired) electrons. The third-order valence-electron chi connectivity index (χ3n) is 2.85. The molecule has 8 heteroatoms. The predicted octanol–water partition coefficient (Wildman–Crippen LogP) is 4.31. The number of rotatable bonds is 9. The van der Waals surface area contributed by atoms with E-state index in [0.717, 1.165) is 4.47 Å². The van der Waals surface area contributed by atoms with Crippen molar-refractivity contribution in [1.82, 2.24) is 4.72 Å². The number of halogens is 1. The minimum Gasteiger partial charge on any atom is -0.308 e. The number of hydrogen-bond acceptors (Lipinski definition) is 4. The lowest BCUT2D eigenvalue weighted by molar-refractivity contribution is 0.204. The van der Waals surface area contributed by atoms with Crippen LogP contribution in [-0.4, -0.2) is 23.2 Å². The van der Waals surface area contributed by atoms with Crippen LogP contribution >= 0.6 is 23.5 Å². The first-order valence-corrected chi connectivity index (χ1v) is 10.7. The van der Waals surface area contributed by atoms with Crippen LogP contribution in [0.4, 0.5) is 0 Å². The first kappa shape index (κ1) is 20.0. The Morgan fingerprint density at radius 2 is 1.68 bits per heavy atom.